The highest BCUT2D eigenvalue weighted by molar-refractivity contribution is 5.87. The Morgan fingerprint density at radius 3 is 2.59 bits per heavy atom. The van der Waals surface area contributed by atoms with Crippen LogP contribution in [0.15, 0.2) is 18.2 Å². The number of rotatable bonds is 5. The van der Waals surface area contributed by atoms with E-state index in [4.69, 9.17) is 4.74 Å². The maximum Gasteiger partial charge on any atom is 0.242 e. The van der Waals surface area contributed by atoms with Crippen LogP contribution in [0.2, 0.25) is 0 Å². The van der Waals surface area contributed by atoms with Gasteiger partial charge in [0.05, 0.1) is 6.54 Å². The van der Waals surface area contributed by atoms with Gasteiger partial charge in [-0.2, -0.15) is 0 Å². The number of benzene rings is 1. The molecule has 1 atom stereocenters. The number of ether oxygens (including phenoxy) is 1. The predicted molar refractivity (Wildman–Crippen MR) is 84.8 cm³/mol. The van der Waals surface area contributed by atoms with Crippen LogP contribution >= 0.6 is 0 Å². The second-order valence-electron chi connectivity index (χ2n) is 5.83. The molecule has 1 aromatic carbocycles. The largest absolute Gasteiger partial charge is 0.492 e. The zero-order valence-electron chi connectivity index (χ0n) is 13.5. The number of amides is 2. The van der Waals surface area contributed by atoms with E-state index in [9.17, 15) is 9.59 Å². The van der Waals surface area contributed by atoms with E-state index in [1.807, 2.05) is 26.0 Å². The Kier molecular flexibility index (Phi) is 5.41. The Hall–Kier alpha value is -2.04. The molecule has 0 radical (unpaired) electrons. The van der Waals surface area contributed by atoms with Crippen LogP contribution in [-0.2, 0) is 9.59 Å². The average Bonchev–Trinajstić information content (AvgIpc) is 2.92. The molecule has 0 spiro atoms. The lowest BCUT2D eigenvalue weighted by Gasteiger charge is -2.22. The van der Waals surface area contributed by atoms with Crippen molar-refractivity contribution < 1.29 is 14.3 Å². The quantitative estimate of drug-likeness (QED) is 0.844. The van der Waals surface area contributed by atoms with E-state index < -0.39 is 0 Å². The SMILES string of the molecule is CC(=O)N1CCCC1C(=O)NCCOc1cc(C)cc(C)c1. The summed E-state index contributed by atoms with van der Waals surface area (Å²) in [4.78, 5) is 25.2. The molecule has 1 unspecified atom stereocenters. The van der Waals surface area contributed by atoms with Gasteiger partial charge in [0, 0.05) is 13.5 Å². The number of hydrogen-bond donors (Lipinski definition) is 1. The molecule has 1 heterocycles. The summed E-state index contributed by atoms with van der Waals surface area (Å²) in [7, 11) is 0. The molecule has 22 heavy (non-hydrogen) atoms. The number of hydrogen-bond acceptors (Lipinski definition) is 3. The molecule has 5 heteroatoms. The number of carbonyl (C=O) groups excluding carboxylic acids is 2. The molecule has 0 aliphatic carbocycles. The van der Waals surface area contributed by atoms with Crippen molar-refractivity contribution in [3.05, 3.63) is 29.3 Å². The standard InChI is InChI=1S/C17H24N2O3/c1-12-9-13(2)11-15(10-12)22-8-6-18-17(21)16-5-4-7-19(16)14(3)20/h9-11,16H,4-8H2,1-3H3,(H,18,21). The van der Waals surface area contributed by atoms with Crippen LogP contribution < -0.4 is 10.1 Å². The van der Waals surface area contributed by atoms with Crippen LogP contribution in [0.4, 0.5) is 0 Å². The van der Waals surface area contributed by atoms with Gasteiger partial charge in [0.2, 0.25) is 11.8 Å². The third-order valence-electron chi connectivity index (χ3n) is 3.83. The van der Waals surface area contributed by atoms with Gasteiger partial charge in [0.15, 0.2) is 0 Å². The van der Waals surface area contributed by atoms with Crippen LogP contribution in [0, 0.1) is 13.8 Å². The lowest BCUT2D eigenvalue weighted by molar-refractivity contribution is -0.136. The van der Waals surface area contributed by atoms with Crippen molar-refractivity contribution in [2.24, 2.45) is 0 Å². The van der Waals surface area contributed by atoms with Crippen LogP contribution in [-0.4, -0.2) is 42.5 Å². The van der Waals surface area contributed by atoms with E-state index in [0.717, 1.165) is 29.7 Å². The molecule has 1 aliphatic rings. The van der Waals surface area contributed by atoms with Gasteiger partial charge in [0.1, 0.15) is 18.4 Å². The van der Waals surface area contributed by atoms with Gasteiger partial charge in [0.25, 0.3) is 0 Å². The fourth-order valence-electron chi connectivity index (χ4n) is 2.89. The molecule has 0 bridgehead atoms. The zero-order valence-corrected chi connectivity index (χ0v) is 13.5. The minimum absolute atomic E-state index is 0.0378. The third-order valence-corrected chi connectivity index (χ3v) is 3.83. The number of likely N-dealkylation sites (tertiary alicyclic amines) is 1. The topological polar surface area (TPSA) is 58.6 Å². The highest BCUT2D eigenvalue weighted by atomic mass is 16.5. The van der Waals surface area contributed by atoms with Crippen molar-refractivity contribution in [3.63, 3.8) is 0 Å². The molecular formula is C17H24N2O3. The van der Waals surface area contributed by atoms with E-state index in [1.54, 1.807) is 4.90 Å². The van der Waals surface area contributed by atoms with Gasteiger partial charge in [-0.3, -0.25) is 9.59 Å². The summed E-state index contributed by atoms with van der Waals surface area (Å²) in [6.07, 6.45) is 1.63. The predicted octanol–water partition coefficient (Wildman–Crippen LogP) is 1.81. The lowest BCUT2D eigenvalue weighted by atomic mass is 10.1. The van der Waals surface area contributed by atoms with Gasteiger partial charge in [-0.1, -0.05) is 6.07 Å². The van der Waals surface area contributed by atoms with Crippen molar-refractivity contribution in [3.8, 4) is 5.75 Å². The number of nitrogens with one attached hydrogen (secondary N) is 1. The average molecular weight is 304 g/mol. The number of aryl methyl sites for hydroxylation is 2. The lowest BCUT2D eigenvalue weighted by Crippen LogP contribution is -2.46. The minimum Gasteiger partial charge on any atom is -0.492 e. The third kappa shape index (κ3) is 4.23. The molecule has 1 aliphatic heterocycles. The smallest absolute Gasteiger partial charge is 0.242 e. The second kappa shape index (κ2) is 7.29. The minimum atomic E-state index is -0.321. The number of carbonyl (C=O) groups is 2. The summed E-state index contributed by atoms with van der Waals surface area (Å²) in [5.41, 5.74) is 2.31. The fraction of sp³-hybridized carbons (Fsp3) is 0.529. The van der Waals surface area contributed by atoms with Crippen molar-refractivity contribution in [1.29, 1.82) is 0 Å². The molecule has 1 saturated heterocycles. The fourth-order valence-corrected chi connectivity index (χ4v) is 2.89. The summed E-state index contributed by atoms with van der Waals surface area (Å²) in [5, 5.41) is 2.85. The molecule has 1 N–H and O–H groups in total. The molecule has 0 saturated carbocycles. The zero-order chi connectivity index (χ0) is 16.1. The Bertz CT molecular complexity index is 537. The summed E-state index contributed by atoms with van der Waals surface area (Å²) in [5.74, 6) is 0.693. The summed E-state index contributed by atoms with van der Waals surface area (Å²) >= 11 is 0. The summed E-state index contributed by atoms with van der Waals surface area (Å²) in [6, 6.07) is 5.72. The monoisotopic (exact) mass is 304 g/mol. The first-order valence-electron chi connectivity index (χ1n) is 7.73. The van der Waals surface area contributed by atoms with Gasteiger partial charge in [-0.25, -0.2) is 0 Å². The molecule has 2 rings (SSSR count). The van der Waals surface area contributed by atoms with Crippen molar-refractivity contribution >= 4 is 11.8 Å². The highest BCUT2D eigenvalue weighted by Gasteiger charge is 2.31. The van der Waals surface area contributed by atoms with Crippen LogP contribution in [0.25, 0.3) is 0 Å². The molecule has 0 aromatic heterocycles. The summed E-state index contributed by atoms with van der Waals surface area (Å²) in [6.45, 7) is 7.09. The van der Waals surface area contributed by atoms with Crippen molar-refractivity contribution in [2.45, 2.75) is 39.7 Å². The molecular weight excluding hydrogens is 280 g/mol. The molecule has 1 aromatic rings. The Labute approximate surface area is 131 Å². The number of nitrogens with zero attached hydrogens (tertiary/aromatic N) is 1. The van der Waals surface area contributed by atoms with E-state index >= 15 is 0 Å². The first-order valence-corrected chi connectivity index (χ1v) is 7.73. The van der Waals surface area contributed by atoms with Crippen molar-refractivity contribution in [1.82, 2.24) is 10.2 Å². The van der Waals surface area contributed by atoms with Crippen LogP contribution in [0.1, 0.15) is 30.9 Å². The Morgan fingerprint density at radius 2 is 1.95 bits per heavy atom. The molecule has 2 amide bonds. The molecule has 5 nitrogen and oxygen atoms in total. The van der Waals surface area contributed by atoms with E-state index in [0.29, 0.717) is 19.7 Å². The Balaban J connectivity index is 1.76. The van der Waals surface area contributed by atoms with Gasteiger partial charge < -0.3 is 15.0 Å². The summed E-state index contributed by atoms with van der Waals surface area (Å²) < 4.78 is 5.66. The van der Waals surface area contributed by atoms with Gasteiger partial charge in [-0.05, 0) is 49.9 Å². The first kappa shape index (κ1) is 16.3. The second-order valence-corrected chi connectivity index (χ2v) is 5.83. The van der Waals surface area contributed by atoms with E-state index in [2.05, 4.69) is 11.4 Å². The van der Waals surface area contributed by atoms with E-state index in [1.165, 1.54) is 6.92 Å². The molecule has 1 fully saturated rings. The molecule has 120 valence electrons. The maximum absolute atomic E-state index is 12.1. The van der Waals surface area contributed by atoms with Gasteiger partial charge >= 0.3 is 0 Å². The van der Waals surface area contributed by atoms with E-state index in [-0.39, 0.29) is 17.9 Å². The van der Waals surface area contributed by atoms with Crippen LogP contribution in [0.3, 0.4) is 0 Å². The van der Waals surface area contributed by atoms with Crippen molar-refractivity contribution in [2.75, 3.05) is 19.7 Å². The first-order chi connectivity index (χ1) is 10.5. The Morgan fingerprint density at radius 1 is 1.27 bits per heavy atom. The van der Waals surface area contributed by atoms with Crippen LogP contribution in [0.5, 0.6) is 5.75 Å². The maximum atomic E-state index is 12.1. The van der Waals surface area contributed by atoms with Gasteiger partial charge in [-0.15, -0.1) is 0 Å². The normalized spacial score (nSPS) is 17.4. The highest BCUT2D eigenvalue weighted by Crippen LogP contribution is 2.17.